The third kappa shape index (κ3) is 7.05. The van der Waals surface area contributed by atoms with E-state index in [-0.39, 0.29) is 25.7 Å². The molecule has 4 rings (SSSR count). The van der Waals surface area contributed by atoms with Crippen LogP contribution in [0.5, 0.6) is 0 Å². The fourth-order valence-electron chi connectivity index (χ4n) is 4.87. The molecule has 0 fully saturated rings. The molecule has 1 unspecified atom stereocenters. The number of rotatable bonds is 12. The Bertz CT molecular complexity index is 1280. The Morgan fingerprint density at radius 2 is 1.45 bits per heavy atom. The molecule has 0 saturated heterocycles. The largest absolute Gasteiger partial charge is 0.480 e. The van der Waals surface area contributed by atoms with Gasteiger partial charge in [0.25, 0.3) is 0 Å². The first-order chi connectivity index (χ1) is 19.2. The lowest BCUT2D eigenvalue weighted by molar-refractivity contribution is -0.143. The predicted octanol–water partition coefficient (Wildman–Crippen LogP) is 3.63. The van der Waals surface area contributed by atoms with Crippen molar-refractivity contribution in [3.63, 3.8) is 0 Å². The lowest BCUT2D eigenvalue weighted by Crippen LogP contribution is -2.57. The van der Waals surface area contributed by atoms with Gasteiger partial charge in [-0.3, -0.25) is 4.79 Å². The molecule has 9 nitrogen and oxygen atoms in total. The van der Waals surface area contributed by atoms with E-state index >= 15 is 0 Å². The number of benzene rings is 3. The number of carbonyl (C=O) groups excluding carboxylic acids is 2. The SMILES string of the molecule is C[C@H](OCc1ccccc1)[C@@H](NC(=O)OCC1c2ccccc2-c2ccccc21)C(=O)NC(CN(C)C)C(=O)O. The number of carboxylic acid groups (broad SMARTS) is 1. The molecule has 40 heavy (non-hydrogen) atoms. The summed E-state index contributed by atoms with van der Waals surface area (Å²) in [6.07, 6.45) is -1.58. The first kappa shape index (κ1) is 28.8. The van der Waals surface area contributed by atoms with Gasteiger partial charge < -0.3 is 30.1 Å². The highest BCUT2D eigenvalue weighted by Crippen LogP contribution is 2.44. The lowest BCUT2D eigenvalue weighted by atomic mass is 9.98. The summed E-state index contributed by atoms with van der Waals surface area (Å²) in [5.41, 5.74) is 5.24. The molecule has 0 spiro atoms. The van der Waals surface area contributed by atoms with E-state index in [2.05, 4.69) is 10.6 Å². The van der Waals surface area contributed by atoms with Gasteiger partial charge in [-0.05, 0) is 48.8 Å². The van der Waals surface area contributed by atoms with Crippen LogP contribution in [0.4, 0.5) is 4.79 Å². The molecule has 3 N–H and O–H groups in total. The second-order valence-electron chi connectivity index (χ2n) is 10.1. The van der Waals surface area contributed by atoms with Gasteiger partial charge in [-0.15, -0.1) is 0 Å². The number of fused-ring (bicyclic) bond motifs is 3. The molecule has 3 aromatic carbocycles. The van der Waals surface area contributed by atoms with Gasteiger partial charge in [0.15, 0.2) is 0 Å². The maximum Gasteiger partial charge on any atom is 0.407 e. The van der Waals surface area contributed by atoms with Crippen LogP contribution in [0.3, 0.4) is 0 Å². The average molecular weight is 546 g/mol. The molecule has 210 valence electrons. The summed E-state index contributed by atoms with van der Waals surface area (Å²) in [6.45, 7) is 2.01. The fraction of sp³-hybridized carbons (Fsp3) is 0.323. The summed E-state index contributed by atoms with van der Waals surface area (Å²) in [6, 6.07) is 23.1. The lowest BCUT2D eigenvalue weighted by Gasteiger charge is -2.27. The maximum atomic E-state index is 13.3. The minimum absolute atomic E-state index is 0.0752. The molecule has 9 heteroatoms. The zero-order valence-corrected chi connectivity index (χ0v) is 22.9. The Labute approximate surface area is 234 Å². The number of nitrogens with one attached hydrogen (secondary N) is 2. The van der Waals surface area contributed by atoms with Gasteiger partial charge >= 0.3 is 12.1 Å². The number of carbonyl (C=O) groups is 3. The number of amides is 2. The number of alkyl carbamates (subject to hydrolysis) is 1. The van der Waals surface area contributed by atoms with Gasteiger partial charge in [-0.1, -0.05) is 78.9 Å². The van der Waals surface area contributed by atoms with Crippen LogP contribution in [0.2, 0.25) is 0 Å². The second-order valence-corrected chi connectivity index (χ2v) is 10.1. The van der Waals surface area contributed by atoms with E-state index in [1.165, 1.54) is 0 Å². The number of likely N-dealkylation sites (N-methyl/N-ethyl adjacent to an activating group) is 1. The summed E-state index contributed by atoms with van der Waals surface area (Å²) < 4.78 is 11.6. The van der Waals surface area contributed by atoms with E-state index in [0.717, 1.165) is 27.8 Å². The normalized spacial score (nSPS) is 14.5. The van der Waals surface area contributed by atoms with Crippen LogP contribution in [-0.4, -0.2) is 73.4 Å². The van der Waals surface area contributed by atoms with Gasteiger partial charge in [0.1, 0.15) is 18.7 Å². The summed E-state index contributed by atoms with van der Waals surface area (Å²) >= 11 is 0. The van der Waals surface area contributed by atoms with Crippen molar-refractivity contribution in [1.29, 1.82) is 0 Å². The van der Waals surface area contributed by atoms with Gasteiger partial charge in [0, 0.05) is 12.5 Å². The smallest absolute Gasteiger partial charge is 0.407 e. The first-order valence-electron chi connectivity index (χ1n) is 13.2. The van der Waals surface area contributed by atoms with E-state index in [4.69, 9.17) is 9.47 Å². The molecule has 1 aliphatic rings. The number of aliphatic carboxylic acids is 1. The zero-order valence-electron chi connectivity index (χ0n) is 22.9. The maximum absolute atomic E-state index is 13.3. The monoisotopic (exact) mass is 545 g/mol. The summed E-state index contributed by atoms with van der Waals surface area (Å²) in [7, 11) is 3.42. The summed E-state index contributed by atoms with van der Waals surface area (Å²) in [5, 5.41) is 14.7. The molecule has 0 bridgehead atoms. The summed E-state index contributed by atoms with van der Waals surface area (Å²) in [5.74, 6) is -2.00. The minimum Gasteiger partial charge on any atom is -0.480 e. The van der Waals surface area contributed by atoms with E-state index in [0.29, 0.717) is 0 Å². The Morgan fingerprint density at radius 1 is 0.875 bits per heavy atom. The van der Waals surface area contributed by atoms with Crippen LogP contribution in [0.15, 0.2) is 78.9 Å². The summed E-state index contributed by atoms with van der Waals surface area (Å²) in [4.78, 5) is 39.7. The Morgan fingerprint density at radius 3 is 2.02 bits per heavy atom. The van der Waals surface area contributed by atoms with Crippen molar-refractivity contribution in [3.05, 3.63) is 95.6 Å². The quantitative estimate of drug-likeness (QED) is 0.318. The van der Waals surface area contributed by atoms with Crippen molar-refractivity contribution in [2.45, 2.75) is 37.6 Å². The number of carboxylic acids is 1. The molecular weight excluding hydrogens is 510 g/mol. The highest BCUT2D eigenvalue weighted by molar-refractivity contribution is 5.90. The standard InChI is InChI=1S/C31H35N3O6/c1-20(39-18-21-11-5-4-6-12-21)28(29(35)32-27(30(36)37)17-34(2)3)33-31(38)40-19-26-24-15-9-7-13-22(24)23-14-8-10-16-25(23)26/h4-16,20,26-28H,17-19H2,1-3H3,(H,32,35)(H,33,38)(H,36,37)/t20-,27?,28+/m0/s1. The molecule has 3 atom stereocenters. The first-order valence-corrected chi connectivity index (χ1v) is 13.2. The molecule has 3 aromatic rings. The van der Waals surface area contributed by atoms with Crippen molar-refractivity contribution < 1.29 is 29.0 Å². The molecule has 0 aliphatic heterocycles. The number of hydrogen-bond acceptors (Lipinski definition) is 6. The Kier molecular flexibility index (Phi) is 9.52. The van der Waals surface area contributed by atoms with Crippen molar-refractivity contribution in [2.75, 3.05) is 27.2 Å². The van der Waals surface area contributed by atoms with Crippen LogP contribution in [0.25, 0.3) is 11.1 Å². The zero-order chi connectivity index (χ0) is 28.6. The van der Waals surface area contributed by atoms with Crippen molar-refractivity contribution >= 4 is 18.0 Å². The highest BCUT2D eigenvalue weighted by Gasteiger charge is 2.33. The van der Waals surface area contributed by atoms with Gasteiger partial charge in [-0.2, -0.15) is 0 Å². The van der Waals surface area contributed by atoms with E-state index in [1.54, 1.807) is 25.9 Å². The van der Waals surface area contributed by atoms with Gasteiger partial charge in [-0.25, -0.2) is 9.59 Å². The van der Waals surface area contributed by atoms with E-state index < -0.39 is 36.2 Å². The molecule has 0 radical (unpaired) electrons. The third-order valence-electron chi connectivity index (χ3n) is 6.89. The average Bonchev–Trinajstić information content (AvgIpc) is 3.27. The fourth-order valence-corrected chi connectivity index (χ4v) is 4.87. The van der Waals surface area contributed by atoms with E-state index in [9.17, 15) is 19.5 Å². The molecule has 1 aliphatic carbocycles. The van der Waals surface area contributed by atoms with Crippen LogP contribution in [-0.2, 0) is 25.7 Å². The second kappa shape index (κ2) is 13.2. The molecule has 0 heterocycles. The number of hydrogen-bond donors (Lipinski definition) is 3. The van der Waals surface area contributed by atoms with Crippen LogP contribution >= 0.6 is 0 Å². The van der Waals surface area contributed by atoms with Crippen molar-refractivity contribution in [2.24, 2.45) is 0 Å². The van der Waals surface area contributed by atoms with Gasteiger partial charge in [0.2, 0.25) is 5.91 Å². The van der Waals surface area contributed by atoms with Crippen molar-refractivity contribution in [1.82, 2.24) is 15.5 Å². The molecule has 2 amide bonds. The molecule has 0 aromatic heterocycles. The van der Waals surface area contributed by atoms with Crippen molar-refractivity contribution in [3.8, 4) is 11.1 Å². The highest BCUT2D eigenvalue weighted by atomic mass is 16.5. The van der Waals surface area contributed by atoms with Crippen LogP contribution in [0.1, 0.15) is 29.5 Å². The topological polar surface area (TPSA) is 117 Å². The number of ether oxygens (including phenoxy) is 2. The van der Waals surface area contributed by atoms with E-state index in [1.807, 2.05) is 78.9 Å². The molecular formula is C31H35N3O6. The van der Waals surface area contributed by atoms with Crippen LogP contribution in [0, 0.1) is 0 Å². The molecule has 0 saturated carbocycles. The minimum atomic E-state index is -1.19. The third-order valence-corrected chi connectivity index (χ3v) is 6.89. The number of nitrogens with zero attached hydrogens (tertiary/aromatic N) is 1. The van der Waals surface area contributed by atoms with Gasteiger partial charge in [0.05, 0.1) is 12.7 Å². The Hall–Kier alpha value is -4.21. The van der Waals surface area contributed by atoms with Crippen LogP contribution < -0.4 is 10.6 Å². The predicted molar refractivity (Wildman–Crippen MR) is 151 cm³/mol. The Balaban J connectivity index is 1.46.